The van der Waals surface area contributed by atoms with Crippen LogP contribution < -0.4 is 14.8 Å². The van der Waals surface area contributed by atoms with Gasteiger partial charge in [0.1, 0.15) is 11.5 Å². The van der Waals surface area contributed by atoms with E-state index in [2.05, 4.69) is 15.2 Å². The number of ether oxygens (including phenoxy) is 2. The van der Waals surface area contributed by atoms with E-state index in [9.17, 15) is 9.90 Å². The number of hydrogen-bond acceptors (Lipinski definition) is 6. The lowest BCUT2D eigenvalue weighted by atomic mass is 9.81. The van der Waals surface area contributed by atoms with Crippen LogP contribution in [0.15, 0.2) is 42.7 Å². The summed E-state index contributed by atoms with van der Waals surface area (Å²) in [5.41, 5.74) is 0.616. The summed E-state index contributed by atoms with van der Waals surface area (Å²) in [6, 6.07) is 9.47. The molecule has 0 saturated carbocycles. The maximum atomic E-state index is 12.7. The molecule has 2 fully saturated rings. The van der Waals surface area contributed by atoms with Gasteiger partial charge in [-0.05, 0) is 43.9 Å². The number of amides is 1. The third-order valence-corrected chi connectivity index (χ3v) is 6.13. The normalized spacial score (nSPS) is 26.2. The molecule has 2 unspecified atom stereocenters. The number of nitrogens with one attached hydrogen (secondary N) is 1. The summed E-state index contributed by atoms with van der Waals surface area (Å²) < 4.78 is 10.6. The Kier molecular flexibility index (Phi) is 5.43. The molecule has 7 heteroatoms. The van der Waals surface area contributed by atoms with Gasteiger partial charge in [-0.25, -0.2) is 0 Å². The summed E-state index contributed by atoms with van der Waals surface area (Å²) in [5, 5.41) is 14.2. The van der Waals surface area contributed by atoms with Crippen LogP contribution in [0.3, 0.4) is 0 Å². The van der Waals surface area contributed by atoms with E-state index in [-0.39, 0.29) is 18.0 Å². The van der Waals surface area contributed by atoms with Crippen molar-refractivity contribution < 1.29 is 19.4 Å². The van der Waals surface area contributed by atoms with E-state index in [1.807, 2.05) is 12.1 Å². The second-order valence-electron chi connectivity index (χ2n) is 7.85. The predicted molar refractivity (Wildman–Crippen MR) is 109 cm³/mol. The Morgan fingerprint density at radius 3 is 2.62 bits per heavy atom. The van der Waals surface area contributed by atoms with Gasteiger partial charge in [-0.3, -0.25) is 14.7 Å². The van der Waals surface area contributed by atoms with Crippen LogP contribution in [0.25, 0.3) is 0 Å². The van der Waals surface area contributed by atoms with Gasteiger partial charge in [0.25, 0.3) is 0 Å². The molecule has 4 rings (SSSR count). The molecule has 1 aromatic heterocycles. The van der Waals surface area contributed by atoms with Crippen LogP contribution in [-0.4, -0.2) is 53.7 Å². The first-order valence-electron chi connectivity index (χ1n) is 9.93. The third kappa shape index (κ3) is 3.93. The van der Waals surface area contributed by atoms with E-state index in [0.29, 0.717) is 36.6 Å². The predicted octanol–water partition coefficient (Wildman–Crippen LogP) is 2.55. The van der Waals surface area contributed by atoms with Crippen molar-refractivity contribution in [2.75, 3.05) is 26.1 Å². The first-order valence-corrected chi connectivity index (χ1v) is 9.93. The largest absolute Gasteiger partial charge is 0.497 e. The molecule has 7 nitrogen and oxygen atoms in total. The second-order valence-corrected chi connectivity index (χ2v) is 7.85. The molecular formula is C22H27N3O4. The Labute approximate surface area is 170 Å². The summed E-state index contributed by atoms with van der Waals surface area (Å²) in [7, 11) is 3.15. The van der Waals surface area contributed by atoms with Gasteiger partial charge in [-0.2, -0.15) is 0 Å². The Morgan fingerprint density at radius 2 is 2.00 bits per heavy atom. The monoisotopic (exact) mass is 397 g/mol. The standard InChI is InChI=1S/C22H27N3O4/c1-28-18-7-8-19(20(10-18)29-2)24-21(26)14-25-16-5-6-17(25)12-22(27,11-16)15-4-3-9-23-13-15/h3-4,7-10,13,16-17,27H,5-6,11-12,14H2,1-2H3,(H,24,26). The number of methoxy groups -OCH3 is 2. The molecule has 2 aromatic rings. The summed E-state index contributed by atoms with van der Waals surface area (Å²) in [6.07, 6.45) is 6.69. The molecular weight excluding hydrogens is 370 g/mol. The lowest BCUT2D eigenvalue weighted by Crippen LogP contribution is -2.51. The van der Waals surface area contributed by atoms with Crippen LogP contribution in [0.2, 0.25) is 0 Å². The summed E-state index contributed by atoms with van der Waals surface area (Å²) in [5.74, 6) is 1.14. The number of aromatic nitrogens is 1. The molecule has 3 heterocycles. The zero-order valence-corrected chi connectivity index (χ0v) is 16.8. The number of carbonyl (C=O) groups excluding carboxylic acids is 1. The van der Waals surface area contributed by atoms with Crippen LogP contribution in [-0.2, 0) is 10.4 Å². The van der Waals surface area contributed by atoms with Crippen molar-refractivity contribution in [1.29, 1.82) is 0 Å². The lowest BCUT2D eigenvalue weighted by Gasteiger charge is -2.43. The fourth-order valence-corrected chi connectivity index (χ4v) is 4.71. The second kappa shape index (κ2) is 8.00. The fourth-order valence-electron chi connectivity index (χ4n) is 4.71. The highest BCUT2D eigenvalue weighted by Crippen LogP contribution is 2.45. The highest BCUT2D eigenvalue weighted by molar-refractivity contribution is 5.93. The Hall–Kier alpha value is -2.64. The SMILES string of the molecule is COc1ccc(NC(=O)CN2C3CCC2CC(O)(c2cccnc2)C3)c(OC)c1. The number of benzene rings is 1. The maximum absolute atomic E-state index is 12.7. The van der Waals surface area contributed by atoms with E-state index in [4.69, 9.17) is 9.47 Å². The number of nitrogens with zero attached hydrogens (tertiary/aromatic N) is 2. The van der Waals surface area contributed by atoms with E-state index in [1.54, 1.807) is 44.8 Å². The van der Waals surface area contributed by atoms with E-state index in [1.165, 1.54) is 0 Å². The van der Waals surface area contributed by atoms with Gasteiger partial charge in [-0.1, -0.05) is 6.07 Å². The number of carbonyl (C=O) groups is 1. The first kappa shape index (κ1) is 19.7. The number of aliphatic hydroxyl groups is 1. The molecule has 2 N–H and O–H groups in total. The van der Waals surface area contributed by atoms with Crippen molar-refractivity contribution in [3.05, 3.63) is 48.3 Å². The Bertz CT molecular complexity index is 860. The number of pyridine rings is 1. The highest BCUT2D eigenvalue weighted by Gasteiger charge is 2.48. The minimum absolute atomic E-state index is 0.0859. The van der Waals surface area contributed by atoms with Crippen LogP contribution in [0.4, 0.5) is 5.69 Å². The minimum atomic E-state index is -0.869. The van der Waals surface area contributed by atoms with Crippen molar-refractivity contribution in [3.8, 4) is 11.5 Å². The van der Waals surface area contributed by atoms with Gasteiger partial charge in [0.15, 0.2) is 0 Å². The van der Waals surface area contributed by atoms with Crippen LogP contribution in [0, 0.1) is 0 Å². The number of fused-ring (bicyclic) bond motifs is 2. The van der Waals surface area contributed by atoms with Crippen molar-refractivity contribution in [2.24, 2.45) is 0 Å². The Morgan fingerprint density at radius 1 is 1.24 bits per heavy atom. The lowest BCUT2D eigenvalue weighted by molar-refractivity contribution is -0.121. The van der Waals surface area contributed by atoms with Crippen LogP contribution in [0.1, 0.15) is 31.2 Å². The molecule has 0 radical (unpaired) electrons. The van der Waals surface area contributed by atoms with Crippen LogP contribution >= 0.6 is 0 Å². The molecule has 154 valence electrons. The number of rotatable bonds is 6. The quantitative estimate of drug-likeness (QED) is 0.779. The van der Waals surface area contributed by atoms with E-state index >= 15 is 0 Å². The molecule has 2 atom stereocenters. The minimum Gasteiger partial charge on any atom is -0.497 e. The molecule has 0 aliphatic carbocycles. The van der Waals surface area contributed by atoms with Crippen LogP contribution in [0.5, 0.6) is 11.5 Å². The smallest absolute Gasteiger partial charge is 0.238 e. The summed E-state index contributed by atoms with van der Waals surface area (Å²) in [4.78, 5) is 19.1. The molecule has 2 saturated heterocycles. The van der Waals surface area contributed by atoms with Gasteiger partial charge in [-0.15, -0.1) is 0 Å². The molecule has 2 bridgehead atoms. The molecule has 0 spiro atoms. The summed E-state index contributed by atoms with van der Waals surface area (Å²) >= 11 is 0. The zero-order chi connectivity index (χ0) is 20.4. The van der Waals surface area contributed by atoms with E-state index in [0.717, 1.165) is 18.4 Å². The van der Waals surface area contributed by atoms with Gasteiger partial charge >= 0.3 is 0 Å². The highest BCUT2D eigenvalue weighted by atomic mass is 16.5. The van der Waals surface area contributed by atoms with E-state index < -0.39 is 5.60 Å². The Balaban J connectivity index is 1.43. The molecule has 1 amide bonds. The average molecular weight is 397 g/mol. The third-order valence-electron chi connectivity index (χ3n) is 6.13. The van der Waals surface area contributed by atoms with Gasteiger partial charge in [0.05, 0.1) is 32.1 Å². The van der Waals surface area contributed by atoms with Gasteiger partial charge in [0, 0.05) is 36.1 Å². The van der Waals surface area contributed by atoms with Crippen molar-refractivity contribution >= 4 is 11.6 Å². The maximum Gasteiger partial charge on any atom is 0.238 e. The number of hydrogen-bond donors (Lipinski definition) is 2. The topological polar surface area (TPSA) is 83.9 Å². The summed E-state index contributed by atoms with van der Waals surface area (Å²) in [6.45, 7) is 0.299. The number of piperidine rings is 1. The molecule has 1 aromatic carbocycles. The fraction of sp³-hybridized carbons (Fsp3) is 0.455. The van der Waals surface area contributed by atoms with Crippen molar-refractivity contribution in [2.45, 2.75) is 43.4 Å². The first-order chi connectivity index (χ1) is 14.0. The van der Waals surface area contributed by atoms with Gasteiger partial charge in [0.2, 0.25) is 5.91 Å². The zero-order valence-electron chi connectivity index (χ0n) is 16.8. The number of anilines is 1. The molecule has 29 heavy (non-hydrogen) atoms. The van der Waals surface area contributed by atoms with Gasteiger partial charge < -0.3 is 19.9 Å². The van der Waals surface area contributed by atoms with Crippen molar-refractivity contribution in [1.82, 2.24) is 9.88 Å². The van der Waals surface area contributed by atoms with Crippen molar-refractivity contribution in [3.63, 3.8) is 0 Å². The molecule has 2 aliphatic heterocycles. The average Bonchev–Trinajstić information content (AvgIpc) is 2.98. The molecule has 2 aliphatic rings.